The number of hydrogen-bond acceptors (Lipinski definition) is 3. The fourth-order valence-electron chi connectivity index (χ4n) is 1.40. The van der Waals surface area contributed by atoms with E-state index in [1.165, 1.54) is 7.11 Å². The Morgan fingerprint density at radius 1 is 1.43 bits per heavy atom. The summed E-state index contributed by atoms with van der Waals surface area (Å²) in [6, 6.07) is 5.72. The molecular weight excluding hydrogens is 180 g/mol. The van der Waals surface area contributed by atoms with E-state index in [1.807, 2.05) is 25.1 Å². The molecule has 2 aromatic rings. The van der Waals surface area contributed by atoms with Crippen molar-refractivity contribution in [3.05, 3.63) is 34.2 Å². The third-order valence-corrected chi connectivity index (χ3v) is 2.04. The third-order valence-electron chi connectivity index (χ3n) is 2.04. The summed E-state index contributed by atoms with van der Waals surface area (Å²) >= 11 is 0. The maximum absolute atomic E-state index is 11.1. The Kier molecular flexibility index (Phi) is 1.96. The Morgan fingerprint density at radius 3 is 2.93 bits per heavy atom. The Morgan fingerprint density at radius 2 is 2.21 bits per heavy atom. The lowest BCUT2D eigenvalue weighted by molar-refractivity contribution is 0.401. The van der Waals surface area contributed by atoms with E-state index in [0.717, 1.165) is 16.5 Å². The number of hydrogen-bond donors (Lipinski definition) is 1. The summed E-state index contributed by atoms with van der Waals surface area (Å²) in [6.45, 7) is 1.96. The molecule has 4 nitrogen and oxygen atoms in total. The Labute approximate surface area is 80.6 Å². The van der Waals surface area contributed by atoms with E-state index < -0.39 is 0 Å². The predicted octanol–water partition coefficient (Wildman–Crippen LogP) is 1.24. The molecule has 0 unspecified atom stereocenters. The van der Waals surface area contributed by atoms with Crippen LogP contribution in [0.1, 0.15) is 5.56 Å². The minimum Gasteiger partial charge on any atom is -0.480 e. The van der Waals surface area contributed by atoms with E-state index in [9.17, 15) is 4.79 Å². The first kappa shape index (κ1) is 8.74. The van der Waals surface area contributed by atoms with Crippen LogP contribution in [0.4, 0.5) is 0 Å². The van der Waals surface area contributed by atoms with Crippen molar-refractivity contribution in [3.63, 3.8) is 0 Å². The topological polar surface area (TPSA) is 55.0 Å². The lowest BCUT2D eigenvalue weighted by Gasteiger charge is -2.03. The Balaban J connectivity index is 2.87. The first-order valence-corrected chi connectivity index (χ1v) is 4.25. The molecule has 0 aliphatic carbocycles. The average molecular weight is 190 g/mol. The molecule has 1 heterocycles. The molecule has 14 heavy (non-hydrogen) atoms. The van der Waals surface area contributed by atoms with Crippen LogP contribution in [0.15, 0.2) is 23.0 Å². The number of H-pyrrole nitrogens is 1. The predicted molar refractivity (Wildman–Crippen MR) is 53.7 cm³/mol. The van der Waals surface area contributed by atoms with Gasteiger partial charge in [-0.2, -0.15) is 4.98 Å². The Hall–Kier alpha value is -1.84. The minimum atomic E-state index is -0.389. The quantitative estimate of drug-likeness (QED) is 0.736. The lowest BCUT2D eigenvalue weighted by Crippen LogP contribution is -2.11. The summed E-state index contributed by atoms with van der Waals surface area (Å²) in [7, 11) is 1.50. The van der Waals surface area contributed by atoms with Crippen molar-refractivity contribution in [3.8, 4) is 5.88 Å². The van der Waals surface area contributed by atoms with Crippen molar-refractivity contribution in [2.75, 3.05) is 7.11 Å². The van der Waals surface area contributed by atoms with Gasteiger partial charge in [0.1, 0.15) is 0 Å². The summed E-state index contributed by atoms with van der Waals surface area (Å²) < 4.78 is 5.02. The number of ether oxygens (including phenoxy) is 1. The molecule has 0 atom stereocenters. The summed E-state index contributed by atoms with van der Waals surface area (Å²) in [6.07, 6.45) is 0. The van der Waals surface area contributed by atoms with Gasteiger partial charge in [0.15, 0.2) is 0 Å². The van der Waals surface area contributed by atoms with Gasteiger partial charge < -0.3 is 9.72 Å². The van der Waals surface area contributed by atoms with Gasteiger partial charge >= 0.3 is 5.69 Å². The normalized spacial score (nSPS) is 10.4. The molecule has 0 saturated carbocycles. The zero-order valence-electron chi connectivity index (χ0n) is 8.00. The second-order valence-corrected chi connectivity index (χ2v) is 3.10. The molecule has 1 aromatic carbocycles. The van der Waals surface area contributed by atoms with Crippen LogP contribution < -0.4 is 10.4 Å². The van der Waals surface area contributed by atoms with Crippen molar-refractivity contribution in [2.24, 2.45) is 0 Å². The van der Waals surface area contributed by atoms with Gasteiger partial charge in [-0.3, -0.25) is 0 Å². The van der Waals surface area contributed by atoms with Gasteiger partial charge in [0.25, 0.3) is 0 Å². The minimum absolute atomic E-state index is 0.365. The highest BCUT2D eigenvalue weighted by molar-refractivity contribution is 5.83. The highest BCUT2D eigenvalue weighted by Gasteiger charge is 2.04. The fourth-order valence-corrected chi connectivity index (χ4v) is 1.40. The number of methoxy groups -OCH3 is 1. The van der Waals surface area contributed by atoms with Crippen LogP contribution in [-0.4, -0.2) is 17.1 Å². The fraction of sp³-hybridized carbons (Fsp3) is 0.200. The molecule has 72 valence electrons. The molecule has 1 N–H and O–H groups in total. The van der Waals surface area contributed by atoms with Gasteiger partial charge in [-0.05, 0) is 24.6 Å². The molecule has 4 heteroatoms. The zero-order valence-corrected chi connectivity index (χ0v) is 8.00. The number of rotatable bonds is 1. The number of aryl methyl sites for hydroxylation is 1. The SMILES string of the molecule is COc1nc(=O)[nH]c2cc(C)ccc12. The van der Waals surface area contributed by atoms with Crippen molar-refractivity contribution in [1.29, 1.82) is 0 Å². The highest BCUT2D eigenvalue weighted by Crippen LogP contribution is 2.19. The van der Waals surface area contributed by atoms with Gasteiger partial charge in [0.2, 0.25) is 5.88 Å². The monoisotopic (exact) mass is 190 g/mol. The highest BCUT2D eigenvalue weighted by atomic mass is 16.5. The van der Waals surface area contributed by atoms with Crippen molar-refractivity contribution in [1.82, 2.24) is 9.97 Å². The van der Waals surface area contributed by atoms with Gasteiger partial charge in [0.05, 0.1) is 18.0 Å². The standard InChI is InChI=1S/C10H10N2O2/c1-6-3-4-7-8(5-6)11-10(13)12-9(7)14-2/h3-5H,1-2H3,(H,11,12,13). The lowest BCUT2D eigenvalue weighted by atomic mass is 10.2. The molecule has 0 aliphatic heterocycles. The molecule has 1 aromatic heterocycles. The molecule has 0 amide bonds. The summed E-state index contributed by atoms with van der Waals surface area (Å²) in [5.41, 5.74) is 1.45. The number of fused-ring (bicyclic) bond motifs is 1. The van der Waals surface area contributed by atoms with Crippen LogP contribution in [0, 0.1) is 6.92 Å². The average Bonchev–Trinajstić information content (AvgIpc) is 2.15. The summed E-state index contributed by atoms with van der Waals surface area (Å²) in [5, 5.41) is 0.817. The van der Waals surface area contributed by atoms with Crippen LogP contribution in [0.5, 0.6) is 5.88 Å². The number of aromatic amines is 1. The molecule has 2 rings (SSSR count). The largest absolute Gasteiger partial charge is 0.480 e. The van der Waals surface area contributed by atoms with Crippen LogP contribution in [0.25, 0.3) is 10.9 Å². The van der Waals surface area contributed by atoms with E-state index in [2.05, 4.69) is 9.97 Å². The van der Waals surface area contributed by atoms with E-state index in [4.69, 9.17) is 4.74 Å². The second kappa shape index (κ2) is 3.14. The molecule has 0 bridgehead atoms. The van der Waals surface area contributed by atoms with Crippen molar-refractivity contribution in [2.45, 2.75) is 6.92 Å². The first-order chi connectivity index (χ1) is 6.70. The number of nitrogens with zero attached hydrogens (tertiary/aromatic N) is 1. The van der Waals surface area contributed by atoms with Crippen LogP contribution in [0.3, 0.4) is 0 Å². The van der Waals surface area contributed by atoms with Gasteiger partial charge in [-0.25, -0.2) is 4.79 Å². The first-order valence-electron chi connectivity index (χ1n) is 4.25. The Bertz CT molecular complexity index is 531. The maximum atomic E-state index is 11.1. The van der Waals surface area contributed by atoms with E-state index in [-0.39, 0.29) is 5.69 Å². The van der Waals surface area contributed by atoms with Crippen molar-refractivity contribution >= 4 is 10.9 Å². The number of benzene rings is 1. The van der Waals surface area contributed by atoms with E-state index in [1.54, 1.807) is 0 Å². The zero-order chi connectivity index (χ0) is 10.1. The van der Waals surface area contributed by atoms with Crippen LogP contribution >= 0.6 is 0 Å². The van der Waals surface area contributed by atoms with Crippen LogP contribution in [-0.2, 0) is 0 Å². The van der Waals surface area contributed by atoms with Crippen molar-refractivity contribution < 1.29 is 4.74 Å². The van der Waals surface area contributed by atoms with Gasteiger partial charge in [-0.1, -0.05) is 6.07 Å². The number of aromatic nitrogens is 2. The van der Waals surface area contributed by atoms with Gasteiger partial charge in [-0.15, -0.1) is 0 Å². The molecule has 0 fully saturated rings. The van der Waals surface area contributed by atoms with Gasteiger partial charge in [0, 0.05) is 0 Å². The third kappa shape index (κ3) is 1.35. The second-order valence-electron chi connectivity index (χ2n) is 3.10. The van der Waals surface area contributed by atoms with E-state index >= 15 is 0 Å². The van der Waals surface area contributed by atoms with Crippen LogP contribution in [0.2, 0.25) is 0 Å². The van der Waals surface area contributed by atoms with E-state index in [0.29, 0.717) is 5.88 Å². The summed E-state index contributed by atoms with van der Waals surface area (Å²) in [4.78, 5) is 17.5. The molecule has 0 spiro atoms. The molecule has 0 radical (unpaired) electrons. The maximum Gasteiger partial charge on any atom is 0.348 e. The molecule has 0 saturated heterocycles. The molecular formula is C10H10N2O2. The summed E-state index contributed by atoms with van der Waals surface area (Å²) in [5.74, 6) is 0.365. The number of nitrogens with one attached hydrogen (secondary N) is 1. The smallest absolute Gasteiger partial charge is 0.348 e. The molecule has 0 aliphatic rings.